The molecule has 1 aromatic rings. The van der Waals surface area contributed by atoms with Gasteiger partial charge in [0.05, 0.1) is 19.6 Å². The molecule has 4 atom stereocenters. The summed E-state index contributed by atoms with van der Waals surface area (Å²) >= 11 is 0. The van der Waals surface area contributed by atoms with Crippen LogP contribution in [0.15, 0.2) is 30.3 Å². The van der Waals surface area contributed by atoms with Crippen LogP contribution in [0.2, 0.25) is 0 Å². The molecule has 0 N–H and O–H groups in total. The highest BCUT2D eigenvalue weighted by Gasteiger charge is 2.47. The maximum absolute atomic E-state index is 12.8. The van der Waals surface area contributed by atoms with Crippen molar-refractivity contribution in [1.82, 2.24) is 4.90 Å². The molecule has 1 aliphatic heterocycles. The zero-order chi connectivity index (χ0) is 20.3. The minimum absolute atomic E-state index is 0.0160. The predicted molar refractivity (Wildman–Crippen MR) is 96.1 cm³/mol. The van der Waals surface area contributed by atoms with Gasteiger partial charge in [-0.1, -0.05) is 30.3 Å². The molecule has 8 heteroatoms. The lowest BCUT2D eigenvalue weighted by molar-refractivity contribution is -0.177. The number of fused-ring (bicyclic) bond motifs is 2. The van der Waals surface area contributed by atoms with Gasteiger partial charge in [0, 0.05) is 24.9 Å². The van der Waals surface area contributed by atoms with Crippen LogP contribution in [0.1, 0.15) is 37.9 Å². The van der Waals surface area contributed by atoms with E-state index in [0.717, 1.165) is 0 Å². The SMILES string of the molecule is COC(=O)N1C[C@H](OC(=O)[C@@H](OC(C)=O)c2ccccc2)[C@H]2C[C@@H]1CCC2=O. The van der Waals surface area contributed by atoms with E-state index in [1.54, 1.807) is 30.3 Å². The number of methoxy groups -OCH3 is 1. The van der Waals surface area contributed by atoms with E-state index >= 15 is 0 Å². The Kier molecular flexibility index (Phi) is 5.96. The van der Waals surface area contributed by atoms with Gasteiger partial charge in [-0.2, -0.15) is 0 Å². The van der Waals surface area contributed by atoms with E-state index in [4.69, 9.17) is 14.2 Å². The van der Waals surface area contributed by atoms with Crippen molar-refractivity contribution < 1.29 is 33.4 Å². The first-order valence-electron chi connectivity index (χ1n) is 9.20. The third kappa shape index (κ3) is 4.16. The summed E-state index contributed by atoms with van der Waals surface area (Å²) in [6.45, 7) is 1.28. The standard InChI is InChI=1S/C20H23NO7/c1-12(22)27-18(13-6-4-3-5-7-13)19(24)28-17-11-21(20(25)26-2)14-8-9-16(23)15(17)10-14/h3-7,14-15,17-18H,8-11H2,1-2H3/t14-,15-,17-,18-/m0/s1. The molecule has 0 radical (unpaired) electrons. The summed E-state index contributed by atoms with van der Waals surface area (Å²) in [6.07, 6.45) is -1.23. The summed E-state index contributed by atoms with van der Waals surface area (Å²) in [4.78, 5) is 50.2. The Hall–Kier alpha value is -2.90. The number of hydrogen-bond donors (Lipinski definition) is 0. The minimum atomic E-state index is -1.23. The highest BCUT2D eigenvalue weighted by molar-refractivity contribution is 5.85. The van der Waals surface area contributed by atoms with Crippen LogP contribution >= 0.6 is 0 Å². The van der Waals surface area contributed by atoms with Crippen LogP contribution in [-0.2, 0) is 28.6 Å². The van der Waals surface area contributed by atoms with Crippen molar-refractivity contribution in [3.63, 3.8) is 0 Å². The molecule has 8 nitrogen and oxygen atoms in total. The molecule has 1 saturated carbocycles. The van der Waals surface area contributed by atoms with E-state index < -0.39 is 36.2 Å². The van der Waals surface area contributed by atoms with Crippen LogP contribution in [0.25, 0.3) is 0 Å². The topological polar surface area (TPSA) is 99.2 Å². The number of hydrogen-bond acceptors (Lipinski definition) is 7. The second-order valence-electron chi connectivity index (χ2n) is 7.00. The van der Waals surface area contributed by atoms with Crippen molar-refractivity contribution in [2.24, 2.45) is 5.92 Å². The molecular weight excluding hydrogens is 366 g/mol. The van der Waals surface area contributed by atoms with E-state index in [1.165, 1.54) is 18.9 Å². The van der Waals surface area contributed by atoms with Crippen molar-refractivity contribution >= 4 is 23.8 Å². The first kappa shape index (κ1) is 19.9. The average Bonchev–Trinajstić information content (AvgIpc) is 2.70. The van der Waals surface area contributed by atoms with Crippen LogP contribution in [0, 0.1) is 5.92 Å². The monoisotopic (exact) mass is 389 g/mol. The van der Waals surface area contributed by atoms with Gasteiger partial charge in [0.25, 0.3) is 0 Å². The molecule has 1 amide bonds. The molecule has 28 heavy (non-hydrogen) atoms. The third-order valence-corrected chi connectivity index (χ3v) is 5.21. The second kappa shape index (κ2) is 8.41. The van der Waals surface area contributed by atoms with Gasteiger partial charge in [-0.05, 0) is 12.8 Å². The maximum Gasteiger partial charge on any atom is 0.409 e. The van der Waals surface area contributed by atoms with Crippen molar-refractivity contribution in [2.75, 3.05) is 13.7 Å². The molecule has 1 heterocycles. The number of likely N-dealkylation sites (tertiary alicyclic amines) is 1. The number of nitrogens with zero attached hydrogens (tertiary/aromatic N) is 1. The maximum atomic E-state index is 12.8. The minimum Gasteiger partial charge on any atom is -0.457 e. The smallest absolute Gasteiger partial charge is 0.409 e. The van der Waals surface area contributed by atoms with Crippen LogP contribution in [0.4, 0.5) is 4.79 Å². The van der Waals surface area contributed by atoms with Gasteiger partial charge in [-0.3, -0.25) is 9.59 Å². The summed E-state index contributed by atoms with van der Waals surface area (Å²) in [7, 11) is 1.29. The van der Waals surface area contributed by atoms with Gasteiger partial charge >= 0.3 is 18.0 Å². The molecule has 0 aromatic heterocycles. The summed E-state index contributed by atoms with van der Waals surface area (Å²) in [6, 6.07) is 8.40. The van der Waals surface area contributed by atoms with Crippen LogP contribution in [0.3, 0.4) is 0 Å². The van der Waals surface area contributed by atoms with Crippen LogP contribution in [-0.4, -0.2) is 54.5 Å². The summed E-state index contributed by atoms with van der Waals surface area (Å²) in [5.74, 6) is -1.85. The average molecular weight is 389 g/mol. The number of carbonyl (C=O) groups excluding carboxylic acids is 4. The Bertz CT molecular complexity index is 763. The molecule has 0 unspecified atom stereocenters. The molecule has 1 aliphatic carbocycles. The van der Waals surface area contributed by atoms with Gasteiger partial charge in [0.15, 0.2) is 0 Å². The number of piperidine rings is 1. The Morgan fingerprint density at radius 3 is 2.54 bits per heavy atom. The second-order valence-corrected chi connectivity index (χ2v) is 7.00. The van der Waals surface area contributed by atoms with E-state index in [-0.39, 0.29) is 18.4 Å². The van der Waals surface area contributed by atoms with E-state index in [1.807, 2.05) is 0 Å². The largest absolute Gasteiger partial charge is 0.457 e. The van der Waals surface area contributed by atoms with Gasteiger partial charge in [0.1, 0.15) is 11.9 Å². The summed E-state index contributed by atoms with van der Waals surface area (Å²) in [5.41, 5.74) is 0.469. The van der Waals surface area contributed by atoms with Crippen LogP contribution < -0.4 is 0 Å². The Morgan fingerprint density at radius 2 is 1.89 bits per heavy atom. The molecule has 0 spiro atoms. The number of ketones is 1. The van der Waals surface area contributed by atoms with E-state index in [2.05, 4.69) is 0 Å². The number of ether oxygens (including phenoxy) is 3. The molecule has 2 bridgehead atoms. The molecular formula is C20H23NO7. The highest BCUT2D eigenvalue weighted by atomic mass is 16.6. The fourth-order valence-corrected chi connectivity index (χ4v) is 3.87. The molecule has 3 rings (SSSR count). The van der Waals surface area contributed by atoms with Crippen LogP contribution in [0.5, 0.6) is 0 Å². The number of benzene rings is 1. The normalized spacial score (nSPS) is 24.9. The number of esters is 2. The molecule has 2 fully saturated rings. The molecule has 2 aliphatic rings. The van der Waals surface area contributed by atoms with Crippen molar-refractivity contribution in [3.05, 3.63) is 35.9 Å². The molecule has 1 saturated heterocycles. The number of amides is 1. The van der Waals surface area contributed by atoms with E-state index in [9.17, 15) is 19.2 Å². The number of Topliss-reactive ketones (excluding diaryl/α,β-unsaturated/α-hetero) is 1. The Balaban J connectivity index is 1.80. The number of carbonyl (C=O) groups is 4. The fourth-order valence-electron chi connectivity index (χ4n) is 3.87. The van der Waals surface area contributed by atoms with E-state index in [0.29, 0.717) is 24.8 Å². The van der Waals surface area contributed by atoms with Gasteiger partial charge in [-0.25, -0.2) is 9.59 Å². The third-order valence-electron chi connectivity index (χ3n) is 5.21. The number of rotatable bonds is 4. The highest BCUT2D eigenvalue weighted by Crippen LogP contribution is 2.35. The zero-order valence-corrected chi connectivity index (χ0v) is 15.8. The fraction of sp³-hybridized carbons (Fsp3) is 0.500. The van der Waals surface area contributed by atoms with Crippen molar-refractivity contribution in [1.29, 1.82) is 0 Å². The first-order valence-corrected chi connectivity index (χ1v) is 9.20. The first-order chi connectivity index (χ1) is 13.4. The molecule has 1 aromatic carbocycles. The quantitative estimate of drug-likeness (QED) is 0.574. The van der Waals surface area contributed by atoms with Gasteiger partial charge < -0.3 is 19.1 Å². The van der Waals surface area contributed by atoms with Gasteiger partial charge in [-0.15, -0.1) is 0 Å². The Morgan fingerprint density at radius 1 is 1.18 bits per heavy atom. The predicted octanol–water partition coefficient (Wildman–Crippen LogP) is 2.02. The lowest BCUT2D eigenvalue weighted by atomic mass is 9.77. The molecule has 150 valence electrons. The van der Waals surface area contributed by atoms with Crippen molar-refractivity contribution in [3.8, 4) is 0 Å². The lowest BCUT2D eigenvalue weighted by Crippen LogP contribution is -2.57. The van der Waals surface area contributed by atoms with Gasteiger partial charge in [0.2, 0.25) is 6.10 Å². The summed E-state index contributed by atoms with van der Waals surface area (Å²) in [5, 5.41) is 0. The Labute approximate surface area is 162 Å². The summed E-state index contributed by atoms with van der Waals surface area (Å²) < 4.78 is 15.6. The lowest BCUT2D eigenvalue weighted by Gasteiger charge is -2.45. The zero-order valence-electron chi connectivity index (χ0n) is 15.8. The van der Waals surface area contributed by atoms with Crippen molar-refractivity contribution in [2.45, 2.75) is 44.4 Å².